The molecule has 0 fully saturated rings. The third-order valence-corrected chi connectivity index (χ3v) is 2.75. The molecule has 1 aromatic rings. The molecule has 5 N–H and O–H groups in total. The SMILES string of the molecule is NC(=O)CC(O)C(O)c1ccc2c(c1)NC(=O)CO2. The highest BCUT2D eigenvalue weighted by molar-refractivity contribution is 5.95. The maximum absolute atomic E-state index is 11.2. The van der Waals surface area contributed by atoms with E-state index in [1.54, 1.807) is 12.1 Å². The standard InChI is InChI=1S/C12H14N2O5/c13-10(16)4-8(15)12(18)6-1-2-9-7(3-6)14-11(17)5-19-9/h1-3,8,12,15,18H,4-5H2,(H2,13,16)(H,14,17). The summed E-state index contributed by atoms with van der Waals surface area (Å²) in [5, 5.41) is 22.1. The Balaban J connectivity index is 2.19. The van der Waals surface area contributed by atoms with E-state index in [2.05, 4.69) is 5.32 Å². The van der Waals surface area contributed by atoms with Gasteiger partial charge in [0.25, 0.3) is 5.91 Å². The number of benzene rings is 1. The lowest BCUT2D eigenvalue weighted by Crippen LogP contribution is -2.27. The summed E-state index contributed by atoms with van der Waals surface area (Å²) >= 11 is 0. The molecule has 1 aliphatic heterocycles. The van der Waals surface area contributed by atoms with Crippen molar-refractivity contribution in [2.75, 3.05) is 11.9 Å². The Bertz CT molecular complexity index is 517. The quantitative estimate of drug-likeness (QED) is 0.573. The van der Waals surface area contributed by atoms with Crippen molar-refractivity contribution in [3.63, 3.8) is 0 Å². The molecule has 0 spiro atoms. The zero-order valence-electron chi connectivity index (χ0n) is 10.00. The summed E-state index contributed by atoms with van der Waals surface area (Å²) < 4.78 is 5.17. The number of primary amides is 1. The van der Waals surface area contributed by atoms with Crippen molar-refractivity contribution in [3.8, 4) is 5.75 Å². The third kappa shape index (κ3) is 3.01. The number of hydrogen-bond donors (Lipinski definition) is 4. The van der Waals surface area contributed by atoms with Crippen LogP contribution in [0, 0.1) is 0 Å². The zero-order chi connectivity index (χ0) is 14.0. The first kappa shape index (κ1) is 13.3. The van der Waals surface area contributed by atoms with Gasteiger partial charge < -0.3 is 26.0 Å². The second kappa shape index (κ2) is 5.25. The summed E-state index contributed by atoms with van der Waals surface area (Å²) in [4.78, 5) is 21.9. The topological polar surface area (TPSA) is 122 Å². The molecule has 2 rings (SSSR count). The number of ether oxygens (including phenoxy) is 1. The Morgan fingerprint density at radius 1 is 1.47 bits per heavy atom. The average Bonchev–Trinajstić information content (AvgIpc) is 2.36. The highest BCUT2D eigenvalue weighted by Gasteiger charge is 2.23. The van der Waals surface area contributed by atoms with Crippen molar-refractivity contribution in [2.24, 2.45) is 5.73 Å². The van der Waals surface area contributed by atoms with Crippen LogP contribution in [0.1, 0.15) is 18.1 Å². The lowest BCUT2D eigenvalue weighted by molar-refractivity contribution is -0.121. The van der Waals surface area contributed by atoms with Gasteiger partial charge in [-0.15, -0.1) is 0 Å². The number of fused-ring (bicyclic) bond motifs is 1. The van der Waals surface area contributed by atoms with E-state index < -0.39 is 18.1 Å². The zero-order valence-corrected chi connectivity index (χ0v) is 10.00. The van der Waals surface area contributed by atoms with Gasteiger partial charge in [0.1, 0.15) is 11.9 Å². The van der Waals surface area contributed by atoms with Crippen LogP contribution in [0.5, 0.6) is 5.75 Å². The summed E-state index contributed by atoms with van der Waals surface area (Å²) in [5.74, 6) is -0.516. The minimum absolute atomic E-state index is 0.0563. The van der Waals surface area contributed by atoms with Gasteiger partial charge in [-0.1, -0.05) is 6.07 Å². The lowest BCUT2D eigenvalue weighted by atomic mass is 10.0. The van der Waals surface area contributed by atoms with Crippen LogP contribution in [0.4, 0.5) is 5.69 Å². The van der Waals surface area contributed by atoms with Crippen LogP contribution in [-0.4, -0.2) is 34.7 Å². The van der Waals surface area contributed by atoms with Crippen molar-refractivity contribution in [2.45, 2.75) is 18.6 Å². The molecular formula is C12H14N2O5. The molecule has 0 radical (unpaired) electrons. The van der Waals surface area contributed by atoms with Gasteiger partial charge in [0.05, 0.1) is 18.2 Å². The fourth-order valence-electron chi connectivity index (χ4n) is 1.82. The molecule has 0 saturated heterocycles. The van der Waals surface area contributed by atoms with Gasteiger partial charge in [-0.05, 0) is 17.7 Å². The number of carbonyl (C=O) groups is 2. The lowest BCUT2D eigenvalue weighted by Gasteiger charge is -2.21. The van der Waals surface area contributed by atoms with Gasteiger partial charge in [-0.3, -0.25) is 9.59 Å². The number of carbonyl (C=O) groups excluding carboxylic acids is 2. The van der Waals surface area contributed by atoms with Crippen molar-refractivity contribution in [1.29, 1.82) is 0 Å². The minimum atomic E-state index is -1.30. The molecule has 7 nitrogen and oxygen atoms in total. The molecule has 0 aliphatic carbocycles. The molecule has 2 amide bonds. The van der Waals surface area contributed by atoms with Crippen LogP contribution in [0.2, 0.25) is 0 Å². The Hall–Kier alpha value is -2.12. The normalized spacial score (nSPS) is 16.8. The van der Waals surface area contributed by atoms with Crippen LogP contribution in [0.25, 0.3) is 0 Å². The van der Waals surface area contributed by atoms with Crippen LogP contribution in [-0.2, 0) is 9.59 Å². The first-order valence-electron chi connectivity index (χ1n) is 5.68. The van der Waals surface area contributed by atoms with Crippen LogP contribution in [0.15, 0.2) is 18.2 Å². The number of rotatable bonds is 4. The molecule has 1 aromatic carbocycles. The van der Waals surface area contributed by atoms with Gasteiger partial charge in [0.2, 0.25) is 5.91 Å². The molecule has 2 atom stereocenters. The maximum atomic E-state index is 11.2. The van der Waals surface area contributed by atoms with E-state index in [4.69, 9.17) is 10.5 Å². The van der Waals surface area contributed by atoms with Gasteiger partial charge >= 0.3 is 0 Å². The molecular weight excluding hydrogens is 252 g/mol. The van der Waals surface area contributed by atoms with E-state index in [0.717, 1.165) is 0 Å². The Kier molecular flexibility index (Phi) is 3.68. The maximum Gasteiger partial charge on any atom is 0.262 e. The van der Waals surface area contributed by atoms with Crippen LogP contribution in [0.3, 0.4) is 0 Å². The predicted molar refractivity (Wildman–Crippen MR) is 65.3 cm³/mol. The number of aliphatic hydroxyl groups excluding tert-OH is 2. The number of anilines is 1. The molecule has 0 saturated carbocycles. The van der Waals surface area contributed by atoms with E-state index >= 15 is 0 Å². The Morgan fingerprint density at radius 3 is 2.89 bits per heavy atom. The first-order valence-corrected chi connectivity index (χ1v) is 5.68. The number of amides is 2. The summed E-state index contributed by atoms with van der Waals surface area (Å²) in [5.41, 5.74) is 5.73. The van der Waals surface area contributed by atoms with E-state index in [-0.39, 0.29) is 18.9 Å². The number of nitrogens with two attached hydrogens (primary N) is 1. The summed E-state index contributed by atoms with van der Waals surface area (Å²) in [6.45, 7) is -0.0563. The van der Waals surface area contributed by atoms with Crippen molar-refractivity contribution in [3.05, 3.63) is 23.8 Å². The molecule has 1 heterocycles. The summed E-state index contributed by atoms with van der Waals surface area (Å²) in [6.07, 6.45) is -2.91. The molecule has 19 heavy (non-hydrogen) atoms. The Morgan fingerprint density at radius 2 is 2.21 bits per heavy atom. The summed E-state index contributed by atoms with van der Waals surface area (Å²) in [6, 6.07) is 4.61. The van der Waals surface area contributed by atoms with E-state index in [9.17, 15) is 19.8 Å². The monoisotopic (exact) mass is 266 g/mol. The number of hydrogen-bond acceptors (Lipinski definition) is 5. The second-order valence-electron chi connectivity index (χ2n) is 4.28. The van der Waals surface area contributed by atoms with Crippen molar-refractivity contribution in [1.82, 2.24) is 0 Å². The highest BCUT2D eigenvalue weighted by Crippen LogP contribution is 2.31. The third-order valence-electron chi connectivity index (χ3n) is 2.75. The summed E-state index contributed by atoms with van der Waals surface area (Å²) in [7, 11) is 0. The van der Waals surface area contributed by atoms with Gasteiger partial charge in [0.15, 0.2) is 6.61 Å². The average molecular weight is 266 g/mol. The van der Waals surface area contributed by atoms with Gasteiger partial charge in [-0.25, -0.2) is 0 Å². The van der Waals surface area contributed by atoms with Gasteiger partial charge in [-0.2, -0.15) is 0 Å². The van der Waals surface area contributed by atoms with Gasteiger partial charge in [0, 0.05) is 0 Å². The van der Waals surface area contributed by atoms with E-state index in [1.807, 2.05) is 0 Å². The fourth-order valence-corrected chi connectivity index (χ4v) is 1.82. The molecule has 0 bridgehead atoms. The fraction of sp³-hybridized carbons (Fsp3) is 0.333. The van der Waals surface area contributed by atoms with Crippen molar-refractivity contribution >= 4 is 17.5 Å². The molecule has 7 heteroatoms. The largest absolute Gasteiger partial charge is 0.482 e. The highest BCUT2D eigenvalue weighted by atomic mass is 16.5. The van der Waals surface area contributed by atoms with E-state index in [1.165, 1.54) is 6.07 Å². The number of aliphatic hydroxyl groups is 2. The Labute approximate surface area is 109 Å². The molecule has 102 valence electrons. The smallest absolute Gasteiger partial charge is 0.262 e. The first-order chi connectivity index (χ1) is 8.97. The van der Waals surface area contributed by atoms with Crippen molar-refractivity contribution < 1.29 is 24.5 Å². The minimum Gasteiger partial charge on any atom is -0.482 e. The molecule has 1 aliphatic rings. The van der Waals surface area contributed by atoms with E-state index in [0.29, 0.717) is 17.0 Å². The second-order valence-corrected chi connectivity index (χ2v) is 4.28. The molecule has 2 unspecified atom stereocenters. The predicted octanol–water partition coefficient (Wildman–Crippen LogP) is -0.713. The van der Waals surface area contributed by atoms with Crippen LogP contribution >= 0.6 is 0 Å². The molecule has 0 aromatic heterocycles. The number of nitrogens with one attached hydrogen (secondary N) is 1. The van der Waals surface area contributed by atoms with Crippen LogP contribution < -0.4 is 15.8 Å².